The van der Waals surface area contributed by atoms with Gasteiger partial charge >= 0.3 is 0 Å². The number of aliphatic hydroxyl groups is 2. The van der Waals surface area contributed by atoms with Gasteiger partial charge in [0.2, 0.25) is 0 Å². The number of nitrogens with two attached hydrogens (primary N) is 1. The van der Waals surface area contributed by atoms with Crippen molar-refractivity contribution in [2.24, 2.45) is 5.73 Å². The number of rotatable bonds is 6. The highest BCUT2D eigenvalue weighted by Crippen LogP contribution is 2.27. The lowest BCUT2D eigenvalue weighted by molar-refractivity contribution is -0.00307. The van der Waals surface area contributed by atoms with Crippen molar-refractivity contribution in [3.05, 3.63) is 23.5 Å². The lowest BCUT2D eigenvalue weighted by atomic mass is 9.96. The van der Waals surface area contributed by atoms with E-state index in [9.17, 15) is 19.4 Å². The van der Waals surface area contributed by atoms with Crippen LogP contribution in [0.4, 0.5) is 10.1 Å². The molecule has 0 saturated heterocycles. The molecule has 1 aliphatic carbocycles. The average molecular weight is 325 g/mol. The Balaban J connectivity index is 2.26. The molecule has 0 spiro atoms. The summed E-state index contributed by atoms with van der Waals surface area (Å²) >= 11 is 0. The zero-order valence-corrected chi connectivity index (χ0v) is 13.4. The second-order valence-electron chi connectivity index (χ2n) is 6.68. The monoisotopic (exact) mass is 325 g/mol. The van der Waals surface area contributed by atoms with Crippen molar-refractivity contribution in [3.63, 3.8) is 0 Å². The number of amides is 1. The molecule has 0 aliphatic heterocycles. The molecule has 0 aromatic carbocycles. The molecular formula is C16H24FN3O3. The predicted molar refractivity (Wildman–Crippen MR) is 84.9 cm³/mol. The maximum atomic E-state index is 14.1. The second-order valence-corrected chi connectivity index (χ2v) is 6.68. The molecule has 2 unspecified atom stereocenters. The summed E-state index contributed by atoms with van der Waals surface area (Å²) in [5, 5.41) is 22.5. The van der Waals surface area contributed by atoms with Crippen LogP contribution in [0.15, 0.2) is 12.3 Å². The number of carbonyl (C=O) groups is 1. The predicted octanol–water partition coefficient (Wildman–Crippen LogP) is 1.16. The van der Waals surface area contributed by atoms with Crippen molar-refractivity contribution in [1.29, 1.82) is 0 Å². The molecule has 1 aromatic heterocycles. The molecular weight excluding hydrogens is 301 g/mol. The molecule has 1 saturated carbocycles. The first-order valence-corrected chi connectivity index (χ1v) is 7.77. The normalized spacial score (nSPS) is 22.8. The van der Waals surface area contributed by atoms with Crippen LogP contribution in [0.25, 0.3) is 0 Å². The zero-order valence-electron chi connectivity index (χ0n) is 13.4. The van der Waals surface area contributed by atoms with Crippen LogP contribution in [0, 0.1) is 0 Å². The Labute approximate surface area is 134 Å². The third kappa shape index (κ3) is 4.39. The van der Waals surface area contributed by atoms with E-state index in [0.717, 1.165) is 6.42 Å². The Morgan fingerprint density at radius 2 is 2.26 bits per heavy atom. The summed E-state index contributed by atoms with van der Waals surface area (Å²) in [5.74, 6) is -0.697. The van der Waals surface area contributed by atoms with Crippen molar-refractivity contribution in [2.45, 2.75) is 63.4 Å². The van der Waals surface area contributed by atoms with Gasteiger partial charge in [0, 0.05) is 18.7 Å². The standard InChI is InChI=1S/C16H24FN3O3/c1-16(2,23)13(17)8-12-14(15(18)22)11(5-6-19-12)20-9-3-4-10(21)7-9/h5-6,9-10,13,21,23H,3-4,7-8H2,1-2H3,(H2,18,22)(H,19,20)/t9?,10?,13-/m1/s1. The van der Waals surface area contributed by atoms with E-state index in [-0.39, 0.29) is 29.8 Å². The van der Waals surface area contributed by atoms with Crippen LogP contribution < -0.4 is 11.1 Å². The molecule has 5 N–H and O–H groups in total. The highest BCUT2D eigenvalue weighted by Gasteiger charge is 2.30. The van der Waals surface area contributed by atoms with Gasteiger partial charge in [-0.1, -0.05) is 0 Å². The summed E-state index contributed by atoms with van der Waals surface area (Å²) in [6, 6.07) is 1.65. The molecule has 0 bridgehead atoms. The number of aliphatic hydroxyl groups excluding tert-OH is 1. The van der Waals surface area contributed by atoms with Gasteiger partial charge in [0.05, 0.1) is 28.6 Å². The van der Waals surface area contributed by atoms with Crippen LogP contribution in [0.1, 0.15) is 49.2 Å². The zero-order chi connectivity index (χ0) is 17.2. The molecule has 23 heavy (non-hydrogen) atoms. The fourth-order valence-corrected chi connectivity index (χ4v) is 2.78. The number of pyridine rings is 1. The van der Waals surface area contributed by atoms with Crippen LogP contribution >= 0.6 is 0 Å². The van der Waals surface area contributed by atoms with Gasteiger partial charge in [0.25, 0.3) is 5.91 Å². The maximum absolute atomic E-state index is 14.1. The summed E-state index contributed by atoms with van der Waals surface area (Å²) in [5.41, 5.74) is 4.76. The minimum Gasteiger partial charge on any atom is -0.393 e. The number of hydrogen-bond donors (Lipinski definition) is 4. The number of aromatic nitrogens is 1. The Hall–Kier alpha value is -1.73. The number of carbonyl (C=O) groups excluding carboxylic acids is 1. The number of alkyl halides is 1. The topological polar surface area (TPSA) is 108 Å². The lowest BCUT2D eigenvalue weighted by Gasteiger charge is -2.23. The van der Waals surface area contributed by atoms with E-state index < -0.39 is 17.7 Å². The Kier molecular flexibility index (Phi) is 5.21. The first-order valence-electron chi connectivity index (χ1n) is 7.77. The SMILES string of the molecule is CC(C)(O)[C@H](F)Cc1nccc(NC2CCC(O)C2)c1C(N)=O. The largest absolute Gasteiger partial charge is 0.393 e. The van der Waals surface area contributed by atoms with Crippen molar-refractivity contribution in [2.75, 3.05) is 5.32 Å². The van der Waals surface area contributed by atoms with Gasteiger partial charge in [-0.2, -0.15) is 0 Å². The van der Waals surface area contributed by atoms with Crippen LogP contribution in [0.2, 0.25) is 0 Å². The molecule has 6 nitrogen and oxygen atoms in total. The van der Waals surface area contributed by atoms with Crippen molar-refractivity contribution in [3.8, 4) is 0 Å². The Morgan fingerprint density at radius 3 is 2.78 bits per heavy atom. The molecule has 1 amide bonds. The fraction of sp³-hybridized carbons (Fsp3) is 0.625. The number of nitrogens with zero attached hydrogens (tertiary/aromatic N) is 1. The molecule has 2 rings (SSSR count). The highest BCUT2D eigenvalue weighted by atomic mass is 19.1. The molecule has 128 valence electrons. The number of hydrogen-bond acceptors (Lipinski definition) is 5. The van der Waals surface area contributed by atoms with Gasteiger partial charge in [-0.15, -0.1) is 0 Å². The summed E-state index contributed by atoms with van der Waals surface area (Å²) in [7, 11) is 0. The first kappa shape index (κ1) is 17.6. The van der Waals surface area contributed by atoms with Crippen molar-refractivity contribution < 1.29 is 19.4 Å². The summed E-state index contributed by atoms with van der Waals surface area (Å²) in [4.78, 5) is 15.9. The van der Waals surface area contributed by atoms with Crippen LogP contribution in [0.3, 0.4) is 0 Å². The molecule has 1 fully saturated rings. The fourth-order valence-electron chi connectivity index (χ4n) is 2.78. The van der Waals surface area contributed by atoms with Crippen LogP contribution in [-0.4, -0.2) is 45.0 Å². The van der Waals surface area contributed by atoms with Gasteiger partial charge in [0.15, 0.2) is 0 Å². The second kappa shape index (κ2) is 6.80. The molecule has 7 heteroatoms. The van der Waals surface area contributed by atoms with Gasteiger partial charge in [-0.25, -0.2) is 4.39 Å². The average Bonchev–Trinajstić information content (AvgIpc) is 2.82. The summed E-state index contributed by atoms with van der Waals surface area (Å²) in [6.45, 7) is 2.73. The van der Waals surface area contributed by atoms with E-state index >= 15 is 0 Å². The summed E-state index contributed by atoms with van der Waals surface area (Å²) < 4.78 is 14.1. The highest BCUT2D eigenvalue weighted by molar-refractivity contribution is 5.99. The minimum atomic E-state index is -1.57. The quantitative estimate of drug-likeness (QED) is 0.627. The van der Waals surface area contributed by atoms with E-state index in [2.05, 4.69) is 10.3 Å². The molecule has 3 atom stereocenters. The summed E-state index contributed by atoms with van der Waals surface area (Å²) in [6.07, 6.45) is 1.43. The van der Waals surface area contributed by atoms with Gasteiger partial charge in [0.1, 0.15) is 6.17 Å². The van der Waals surface area contributed by atoms with Gasteiger partial charge in [-0.05, 0) is 39.2 Å². The van der Waals surface area contributed by atoms with E-state index in [0.29, 0.717) is 18.5 Å². The number of halogens is 1. The Morgan fingerprint density at radius 1 is 1.57 bits per heavy atom. The molecule has 1 heterocycles. The van der Waals surface area contributed by atoms with E-state index in [1.807, 2.05) is 0 Å². The van der Waals surface area contributed by atoms with Crippen molar-refractivity contribution in [1.82, 2.24) is 4.98 Å². The molecule has 0 radical (unpaired) electrons. The number of primary amides is 1. The third-order valence-electron chi connectivity index (χ3n) is 4.18. The minimum absolute atomic E-state index is 0.0359. The van der Waals surface area contributed by atoms with E-state index in [1.165, 1.54) is 20.0 Å². The van der Waals surface area contributed by atoms with Gasteiger partial charge < -0.3 is 21.3 Å². The molecule has 1 aliphatic rings. The van der Waals surface area contributed by atoms with E-state index in [4.69, 9.17) is 5.73 Å². The lowest BCUT2D eigenvalue weighted by Crippen LogP contribution is -2.35. The van der Waals surface area contributed by atoms with Crippen molar-refractivity contribution >= 4 is 11.6 Å². The maximum Gasteiger partial charge on any atom is 0.252 e. The van der Waals surface area contributed by atoms with Crippen LogP contribution in [0.5, 0.6) is 0 Å². The van der Waals surface area contributed by atoms with Gasteiger partial charge in [-0.3, -0.25) is 9.78 Å². The Bertz CT molecular complexity index is 574. The smallest absolute Gasteiger partial charge is 0.252 e. The molecule has 1 aromatic rings. The van der Waals surface area contributed by atoms with Crippen LogP contribution in [-0.2, 0) is 6.42 Å². The number of nitrogens with one attached hydrogen (secondary N) is 1. The number of anilines is 1. The van der Waals surface area contributed by atoms with E-state index in [1.54, 1.807) is 6.07 Å². The third-order valence-corrected chi connectivity index (χ3v) is 4.18. The first-order chi connectivity index (χ1) is 10.7.